The highest BCUT2D eigenvalue weighted by molar-refractivity contribution is 9.10. The van der Waals surface area contributed by atoms with E-state index in [1.165, 1.54) is 11.1 Å². The Hall–Kier alpha value is -1.39. The third-order valence-corrected chi connectivity index (χ3v) is 4.10. The molecule has 0 spiro atoms. The van der Waals surface area contributed by atoms with Crippen molar-refractivity contribution in [3.05, 3.63) is 57.3 Å². The molecular weight excluding hydrogens is 340 g/mol. The predicted molar refractivity (Wildman–Crippen MR) is 85.1 cm³/mol. The van der Waals surface area contributed by atoms with Crippen molar-refractivity contribution in [2.45, 2.75) is 19.8 Å². The first-order valence-electron chi connectivity index (χ1n) is 6.21. The van der Waals surface area contributed by atoms with Gasteiger partial charge in [0.1, 0.15) is 5.15 Å². The second kappa shape index (κ2) is 6.86. The van der Waals surface area contributed by atoms with Gasteiger partial charge in [0.15, 0.2) is 0 Å². The Balaban J connectivity index is 1.93. The molecule has 0 aliphatic heterocycles. The zero-order valence-corrected chi connectivity index (χ0v) is 13.3. The lowest BCUT2D eigenvalue weighted by Crippen LogP contribution is -2.12. The van der Waals surface area contributed by atoms with Crippen LogP contribution >= 0.6 is 27.5 Å². The number of hydrogen-bond acceptors (Lipinski definition) is 2. The van der Waals surface area contributed by atoms with Gasteiger partial charge in [0, 0.05) is 6.42 Å². The summed E-state index contributed by atoms with van der Waals surface area (Å²) >= 11 is 9.08. The first kappa shape index (κ1) is 15.0. The van der Waals surface area contributed by atoms with Crippen LogP contribution in [0.1, 0.15) is 17.5 Å². The van der Waals surface area contributed by atoms with E-state index < -0.39 is 0 Å². The number of nitrogens with one attached hydrogen (secondary N) is 1. The number of rotatable bonds is 4. The summed E-state index contributed by atoms with van der Waals surface area (Å²) in [6.07, 6.45) is 2.70. The molecule has 1 aromatic heterocycles. The van der Waals surface area contributed by atoms with Crippen LogP contribution in [-0.4, -0.2) is 10.9 Å². The molecule has 1 amide bonds. The van der Waals surface area contributed by atoms with Crippen LogP contribution < -0.4 is 5.32 Å². The highest BCUT2D eigenvalue weighted by Gasteiger charge is 2.06. The van der Waals surface area contributed by atoms with Gasteiger partial charge in [0.05, 0.1) is 16.4 Å². The van der Waals surface area contributed by atoms with Crippen molar-refractivity contribution in [2.75, 3.05) is 5.32 Å². The Bertz CT molecular complexity index is 631. The summed E-state index contributed by atoms with van der Waals surface area (Å²) in [6.45, 7) is 2.05. The van der Waals surface area contributed by atoms with E-state index in [0.29, 0.717) is 21.7 Å². The highest BCUT2D eigenvalue weighted by Crippen LogP contribution is 2.23. The van der Waals surface area contributed by atoms with Gasteiger partial charge < -0.3 is 5.32 Å². The highest BCUT2D eigenvalue weighted by atomic mass is 79.9. The Kier molecular flexibility index (Phi) is 5.15. The van der Waals surface area contributed by atoms with Gasteiger partial charge in [0.2, 0.25) is 5.91 Å². The fourth-order valence-electron chi connectivity index (χ4n) is 1.85. The summed E-state index contributed by atoms with van der Waals surface area (Å²) in [4.78, 5) is 15.9. The predicted octanol–water partition coefficient (Wildman–Crippen LogP) is 4.38. The van der Waals surface area contributed by atoms with Gasteiger partial charge in [-0.25, -0.2) is 4.98 Å². The molecule has 104 valence electrons. The molecule has 1 heterocycles. The van der Waals surface area contributed by atoms with Gasteiger partial charge in [-0.3, -0.25) is 4.79 Å². The van der Waals surface area contributed by atoms with E-state index in [4.69, 9.17) is 11.6 Å². The van der Waals surface area contributed by atoms with Crippen molar-refractivity contribution >= 4 is 39.1 Å². The average Bonchev–Trinajstić information content (AvgIpc) is 2.42. The average molecular weight is 354 g/mol. The lowest BCUT2D eigenvalue weighted by atomic mass is 10.0. The molecule has 0 aliphatic rings. The molecule has 2 aromatic rings. The molecule has 0 atom stereocenters. The summed E-state index contributed by atoms with van der Waals surface area (Å²) in [5, 5.41) is 3.19. The van der Waals surface area contributed by atoms with Gasteiger partial charge >= 0.3 is 0 Å². The van der Waals surface area contributed by atoms with Crippen LogP contribution in [-0.2, 0) is 11.2 Å². The van der Waals surface area contributed by atoms with Crippen molar-refractivity contribution in [2.24, 2.45) is 0 Å². The Morgan fingerprint density at radius 3 is 2.85 bits per heavy atom. The van der Waals surface area contributed by atoms with Crippen LogP contribution in [0.4, 0.5) is 5.69 Å². The molecule has 0 radical (unpaired) electrons. The maximum absolute atomic E-state index is 11.9. The monoisotopic (exact) mass is 352 g/mol. The number of aromatic nitrogens is 1. The number of halogens is 2. The van der Waals surface area contributed by atoms with Crippen molar-refractivity contribution in [3.63, 3.8) is 0 Å². The van der Waals surface area contributed by atoms with Gasteiger partial charge in [0.25, 0.3) is 0 Å². The Morgan fingerprint density at radius 1 is 1.40 bits per heavy atom. The molecule has 1 aromatic carbocycles. The number of anilines is 1. The first-order valence-corrected chi connectivity index (χ1v) is 7.39. The number of aryl methyl sites for hydroxylation is 2. The molecule has 1 N–H and O–H groups in total. The van der Waals surface area contributed by atoms with Crippen LogP contribution in [0.5, 0.6) is 0 Å². The Morgan fingerprint density at radius 2 is 2.15 bits per heavy atom. The molecule has 3 nitrogen and oxygen atoms in total. The number of benzene rings is 1. The number of nitrogens with zero attached hydrogens (tertiary/aromatic N) is 1. The number of carbonyl (C=O) groups excluding carboxylic acids is 1. The standard InChI is InChI=1S/C15H14BrClN2O/c1-10-4-2-3-5-11(10)6-7-14(20)19-12-8-13(16)15(17)18-9-12/h2-5,8-9H,6-7H2,1H3,(H,19,20). The summed E-state index contributed by atoms with van der Waals surface area (Å²) in [6, 6.07) is 9.81. The number of hydrogen-bond donors (Lipinski definition) is 1. The SMILES string of the molecule is Cc1ccccc1CCC(=O)Nc1cnc(Cl)c(Br)c1. The second-order valence-electron chi connectivity index (χ2n) is 4.47. The quantitative estimate of drug-likeness (QED) is 0.829. The Labute approximate surface area is 131 Å². The van der Waals surface area contributed by atoms with E-state index in [2.05, 4.69) is 26.2 Å². The lowest BCUT2D eigenvalue weighted by Gasteiger charge is -2.07. The minimum atomic E-state index is -0.0377. The zero-order chi connectivity index (χ0) is 14.5. The van der Waals surface area contributed by atoms with Gasteiger partial charge in [-0.15, -0.1) is 0 Å². The summed E-state index contributed by atoms with van der Waals surface area (Å²) in [5.41, 5.74) is 3.03. The largest absolute Gasteiger partial charge is 0.325 e. The normalized spacial score (nSPS) is 10.3. The van der Waals surface area contributed by atoms with E-state index in [1.807, 2.05) is 31.2 Å². The molecule has 5 heteroatoms. The zero-order valence-electron chi connectivity index (χ0n) is 11.0. The van der Waals surface area contributed by atoms with Gasteiger partial charge in [-0.2, -0.15) is 0 Å². The fraction of sp³-hybridized carbons (Fsp3) is 0.200. The lowest BCUT2D eigenvalue weighted by molar-refractivity contribution is -0.116. The summed E-state index contributed by atoms with van der Waals surface area (Å²) in [5.74, 6) is -0.0377. The number of amides is 1. The van der Waals surface area contributed by atoms with Crippen LogP contribution in [0.15, 0.2) is 41.0 Å². The fourth-order valence-corrected chi connectivity index (χ4v) is 2.30. The van der Waals surface area contributed by atoms with Gasteiger partial charge in [-0.05, 0) is 46.5 Å². The minimum absolute atomic E-state index is 0.0377. The smallest absolute Gasteiger partial charge is 0.224 e. The molecule has 0 aliphatic carbocycles. The summed E-state index contributed by atoms with van der Waals surface area (Å²) in [7, 11) is 0. The molecular formula is C15H14BrClN2O. The van der Waals surface area contributed by atoms with Gasteiger partial charge in [-0.1, -0.05) is 35.9 Å². The maximum atomic E-state index is 11.9. The molecule has 0 saturated heterocycles. The van der Waals surface area contributed by atoms with E-state index in [1.54, 1.807) is 12.3 Å². The van der Waals surface area contributed by atoms with E-state index in [9.17, 15) is 4.79 Å². The first-order chi connectivity index (χ1) is 9.56. The van der Waals surface area contributed by atoms with Crippen molar-refractivity contribution < 1.29 is 4.79 Å². The van der Waals surface area contributed by atoms with Crippen molar-refractivity contribution in [1.29, 1.82) is 0 Å². The molecule has 0 saturated carbocycles. The third-order valence-electron chi connectivity index (χ3n) is 2.96. The number of pyridine rings is 1. The van der Waals surface area contributed by atoms with Crippen molar-refractivity contribution in [3.8, 4) is 0 Å². The molecule has 2 rings (SSSR count). The third kappa shape index (κ3) is 4.05. The van der Waals surface area contributed by atoms with Crippen LogP contribution in [0, 0.1) is 6.92 Å². The van der Waals surface area contributed by atoms with Crippen molar-refractivity contribution in [1.82, 2.24) is 4.98 Å². The molecule has 0 fully saturated rings. The van der Waals surface area contributed by atoms with E-state index in [0.717, 1.165) is 6.42 Å². The maximum Gasteiger partial charge on any atom is 0.224 e. The van der Waals surface area contributed by atoms with Crippen LogP contribution in [0.2, 0.25) is 5.15 Å². The number of carbonyl (C=O) groups is 1. The summed E-state index contributed by atoms with van der Waals surface area (Å²) < 4.78 is 0.663. The van der Waals surface area contributed by atoms with Crippen LogP contribution in [0.25, 0.3) is 0 Å². The van der Waals surface area contributed by atoms with E-state index in [-0.39, 0.29) is 5.91 Å². The molecule has 0 bridgehead atoms. The molecule has 20 heavy (non-hydrogen) atoms. The topological polar surface area (TPSA) is 42.0 Å². The second-order valence-corrected chi connectivity index (χ2v) is 5.68. The minimum Gasteiger partial charge on any atom is -0.325 e. The van der Waals surface area contributed by atoms with Crippen LogP contribution in [0.3, 0.4) is 0 Å². The van der Waals surface area contributed by atoms with E-state index >= 15 is 0 Å². The molecule has 0 unspecified atom stereocenters.